The van der Waals surface area contributed by atoms with Gasteiger partial charge in [-0.1, -0.05) is 38.1 Å². The van der Waals surface area contributed by atoms with Crippen LogP contribution >= 0.6 is 0 Å². The summed E-state index contributed by atoms with van der Waals surface area (Å²) in [6.07, 6.45) is 0. The number of halogens is 1. The van der Waals surface area contributed by atoms with Crippen LogP contribution in [0.5, 0.6) is 0 Å². The van der Waals surface area contributed by atoms with Crippen LogP contribution in [-0.2, 0) is 10.0 Å². The van der Waals surface area contributed by atoms with Crippen molar-refractivity contribution in [3.05, 3.63) is 65.5 Å². The maximum atomic E-state index is 13.5. The molecule has 0 aromatic heterocycles. The quantitative estimate of drug-likeness (QED) is 0.824. The maximum Gasteiger partial charge on any atom is 0.266 e. The van der Waals surface area contributed by atoms with Crippen molar-refractivity contribution in [2.45, 2.75) is 24.7 Å². The number of carbonyl (C=O) groups is 1. The molecule has 2 rings (SSSR count). The van der Waals surface area contributed by atoms with Gasteiger partial charge < -0.3 is 0 Å². The number of rotatable bonds is 5. The molecule has 0 saturated heterocycles. The van der Waals surface area contributed by atoms with Gasteiger partial charge in [-0.25, -0.2) is 12.8 Å². The number of amides is 1. The van der Waals surface area contributed by atoms with E-state index in [2.05, 4.69) is 5.43 Å². The fraction of sp³-hybridized carbons (Fsp3) is 0.188. The third kappa shape index (κ3) is 4.14. The van der Waals surface area contributed by atoms with E-state index in [0.29, 0.717) is 5.56 Å². The topological polar surface area (TPSA) is 75.3 Å². The van der Waals surface area contributed by atoms with Gasteiger partial charge in [-0.3, -0.25) is 10.2 Å². The number of benzene rings is 2. The fourth-order valence-corrected chi connectivity index (χ4v) is 2.86. The van der Waals surface area contributed by atoms with Gasteiger partial charge in [0, 0.05) is 5.56 Å². The molecule has 23 heavy (non-hydrogen) atoms. The molecule has 2 aromatic rings. The molecule has 0 aliphatic heterocycles. The first-order valence-corrected chi connectivity index (χ1v) is 8.46. The maximum absolute atomic E-state index is 13.5. The van der Waals surface area contributed by atoms with Gasteiger partial charge in [0.05, 0.1) is 0 Å². The first kappa shape index (κ1) is 17.1. The Morgan fingerprint density at radius 2 is 1.78 bits per heavy atom. The predicted molar refractivity (Wildman–Crippen MR) is 84.7 cm³/mol. The van der Waals surface area contributed by atoms with Crippen molar-refractivity contribution in [1.29, 1.82) is 0 Å². The Labute approximate surface area is 134 Å². The van der Waals surface area contributed by atoms with Crippen LogP contribution in [0.3, 0.4) is 0 Å². The summed E-state index contributed by atoms with van der Waals surface area (Å²) in [6.45, 7) is 3.97. The molecule has 0 atom stereocenters. The Bertz CT molecular complexity index is 820. The lowest BCUT2D eigenvalue weighted by molar-refractivity contribution is 0.0945. The minimum absolute atomic E-state index is 0.234. The van der Waals surface area contributed by atoms with Gasteiger partial charge in [0.15, 0.2) is 0 Å². The van der Waals surface area contributed by atoms with Crippen LogP contribution in [0.25, 0.3) is 0 Å². The lowest BCUT2D eigenvalue weighted by Crippen LogP contribution is -2.41. The average Bonchev–Trinajstić information content (AvgIpc) is 2.53. The predicted octanol–water partition coefficient (Wildman–Crippen LogP) is 2.57. The van der Waals surface area contributed by atoms with Crippen LogP contribution < -0.4 is 10.3 Å². The molecule has 0 aliphatic carbocycles. The van der Waals surface area contributed by atoms with Crippen LogP contribution in [0.15, 0.2) is 53.4 Å². The molecular formula is C16H17FN2O3S. The Morgan fingerprint density at radius 3 is 2.43 bits per heavy atom. The molecule has 0 bridgehead atoms. The van der Waals surface area contributed by atoms with E-state index in [0.717, 1.165) is 17.7 Å². The van der Waals surface area contributed by atoms with E-state index in [9.17, 15) is 17.6 Å². The Kier molecular flexibility index (Phi) is 5.12. The number of nitrogens with one attached hydrogen (secondary N) is 2. The summed E-state index contributed by atoms with van der Waals surface area (Å²) in [4.78, 5) is 13.4. The molecular weight excluding hydrogens is 319 g/mol. The van der Waals surface area contributed by atoms with Crippen molar-refractivity contribution in [1.82, 2.24) is 10.3 Å². The third-order valence-electron chi connectivity index (χ3n) is 3.24. The van der Waals surface area contributed by atoms with Crippen molar-refractivity contribution >= 4 is 15.9 Å². The minimum atomic E-state index is -4.18. The normalized spacial score (nSPS) is 11.5. The van der Waals surface area contributed by atoms with Gasteiger partial charge in [0.1, 0.15) is 10.7 Å². The number of sulfonamides is 1. The van der Waals surface area contributed by atoms with Gasteiger partial charge in [0.25, 0.3) is 15.9 Å². The number of hydrazine groups is 1. The van der Waals surface area contributed by atoms with E-state index in [1.165, 1.54) is 12.1 Å². The Hall–Kier alpha value is -2.25. The summed E-state index contributed by atoms with van der Waals surface area (Å²) in [7, 11) is -4.18. The molecule has 2 aromatic carbocycles. The fourth-order valence-electron chi connectivity index (χ4n) is 1.94. The SMILES string of the molecule is CC(C)c1cccc(C(=O)NNS(=O)(=O)c2ccccc2F)c1. The Balaban J connectivity index is 2.13. The molecule has 7 heteroatoms. The van der Waals surface area contributed by atoms with E-state index in [4.69, 9.17) is 0 Å². The lowest BCUT2D eigenvalue weighted by atomic mass is 10.0. The Morgan fingerprint density at radius 1 is 1.09 bits per heavy atom. The average molecular weight is 336 g/mol. The number of hydrogen-bond donors (Lipinski definition) is 2. The number of hydrogen-bond acceptors (Lipinski definition) is 3. The highest BCUT2D eigenvalue weighted by molar-refractivity contribution is 7.89. The van der Waals surface area contributed by atoms with E-state index < -0.39 is 26.6 Å². The molecule has 0 fully saturated rings. The van der Waals surface area contributed by atoms with Crippen LogP contribution in [-0.4, -0.2) is 14.3 Å². The highest BCUT2D eigenvalue weighted by Crippen LogP contribution is 2.16. The van der Waals surface area contributed by atoms with Gasteiger partial charge in [-0.15, -0.1) is 4.83 Å². The zero-order valence-corrected chi connectivity index (χ0v) is 13.5. The van der Waals surface area contributed by atoms with E-state index in [1.54, 1.807) is 18.2 Å². The highest BCUT2D eigenvalue weighted by atomic mass is 32.2. The molecule has 0 spiro atoms. The second-order valence-corrected chi connectivity index (χ2v) is 6.92. The largest absolute Gasteiger partial charge is 0.273 e. The molecule has 2 N–H and O–H groups in total. The van der Waals surface area contributed by atoms with Crippen molar-refractivity contribution in [2.24, 2.45) is 0 Å². The van der Waals surface area contributed by atoms with Crippen LogP contribution in [0.1, 0.15) is 35.7 Å². The second-order valence-electron chi connectivity index (χ2n) is 5.27. The van der Waals surface area contributed by atoms with E-state index >= 15 is 0 Å². The standard InChI is InChI=1S/C16H17FN2O3S/c1-11(2)12-6-5-7-13(10-12)16(20)18-19-23(21,22)15-9-4-3-8-14(15)17/h3-11,19H,1-2H3,(H,18,20). The van der Waals surface area contributed by atoms with Crippen LogP contribution in [0.4, 0.5) is 4.39 Å². The molecule has 0 aliphatic rings. The van der Waals surface area contributed by atoms with Gasteiger partial charge in [0.2, 0.25) is 0 Å². The van der Waals surface area contributed by atoms with Gasteiger partial charge in [-0.05, 0) is 35.7 Å². The molecule has 0 saturated carbocycles. The second kappa shape index (κ2) is 6.89. The van der Waals surface area contributed by atoms with E-state index in [1.807, 2.05) is 24.7 Å². The van der Waals surface area contributed by atoms with Crippen molar-refractivity contribution < 1.29 is 17.6 Å². The highest BCUT2D eigenvalue weighted by Gasteiger charge is 2.19. The van der Waals surface area contributed by atoms with Crippen molar-refractivity contribution in [3.63, 3.8) is 0 Å². The van der Waals surface area contributed by atoms with Crippen LogP contribution in [0, 0.1) is 5.82 Å². The summed E-state index contributed by atoms with van der Waals surface area (Å²) >= 11 is 0. The summed E-state index contributed by atoms with van der Waals surface area (Å²) in [5, 5.41) is 0. The summed E-state index contributed by atoms with van der Waals surface area (Å²) < 4.78 is 37.5. The summed E-state index contributed by atoms with van der Waals surface area (Å²) in [6, 6.07) is 11.8. The van der Waals surface area contributed by atoms with Crippen LogP contribution in [0.2, 0.25) is 0 Å². The van der Waals surface area contributed by atoms with Crippen molar-refractivity contribution in [2.75, 3.05) is 0 Å². The van der Waals surface area contributed by atoms with Crippen molar-refractivity contribution in [3.8, 4) is 0 Å². The third-order valence-corrected chi connectivity index (χ3v) is 4.52. The van der Waals surface area contributed by atoms with E-state index in [-0.39, 0.29) is 5.92 Å². The zero-order chi connectivity index (χ0) is 17.0. The summed E-state index contributed by atoms with van der Waals surface area (Å²) in [5.41, 5.74) is 3.35. The number of carbonyl (C=O) groups excluding carboxylic acids is 1. The van der Waals surface area contributed by atoms with Gasteiger partial charge >= 0.3 is 0 Å². The molecule has 0 unspecified atom stereocenters. The monoisotopic (exact) mass is 336 g/mol. The molecule has 5 nitrogen and oxygen atoms in total. The smallest absolute Gasteiger partial charge is 0.266 e. The zero-order valence-electron chi connectivity index (χ0n) is 12.7. The van der Waals surface area contributed by atoms with Gasteiger partial charge in [-0.2, -0.15) is 0 Å². The first-order chi connectivity index (χ1) is 10.8. The lowest BCUT2D eigenvalue weighted by Gasteiger charge is -2.10. The summed E-state index contributed by atoms with van der Waals surface area (Å²) in [5.74, 6) is -1.28. The minimum Gasteiger partial charge on any atom is -0.273 e. The molecule has 0 heterocycles. The molecule has 122 valence electrons. The first-order valence-electron chi connectivity index (χ1n) is 6.98. The molecule has 0 radical (unpaired) electrons. The molecule has 1 amide bonds.